The van der Waals surface area contributed by atoms with E-state index >= 15 is 0 Å². The summed E-state index contributed by atoms with van der Waals surface area (Å²) in [5, 5.41) is 10.4. The number of thiophene rings is 1. The number of hydrogen-bond acceptors (Lipinski definition) is 3. The van der Waals surface area contributed by atoms with E-state index in [1.54, 1.807) is 11.4 Å². The number of carboxylic acids is 1. The van der Waals surface area contributed by atoms with E-state index in [1.165, 1.54) is 17.4 Å². The molecule has 0 unspecified atom stereocenters. The van der Waals surface area contributed by atoms with Crippen LogP contribution < -0.4 is 0 Å². The van der Waals surface area contributed by atoms with Gasteiger partial charge in [-0.2, -0.15) is 0 Å². The quantitative estimate of drug-likeness (QED) is 0.665. The van der Waals surface area contributed by atoms with Gasteiger partial charge < -0.3 is 5.11 Å². The molecule has 1 aromatic rings. The summed E-state index contributed by atoms with van der Waals surface area (Å²) in [6.45, 7) is 0. The minimum Gasteiger partial charge on any atom is -0.478 e. The highest BCUT2D eigenvalue weighted by atomic mass is 32.1. The normalized spacial score (nSPS) is 14.3. The van der Waals surface area contributed by atoms with Crippen molar-refractivity contribution in [1.29, 1.82) is 0 Å². The number of fused-ring (bicyclic) bond motifs is 1. The fourth-order valence-electron chi connectivity index (χ4n) is 1.12. The number of carbonyl (C=O) groups excluding carboxylic acids is 1. The molecule has 1 aliphatic carbocycles. The minimum atomic E-state index is -1.15. The van der Waals surface area contributed by atoms with Crippen LogP contribution in [0.1, 0.15) is 15.2 Å². The molecule has 12 heavy (non-hydrogen) atoms. The Bertz CT molecular complexity index is 400. The lowest BCUT2D eigenvalue weighted by atomic mass is 10.1. The molecule has 0 radical (unpaired) electrons. The molecule has 0 fully saturated rings. The van der Waals surface area contributed by atoms with Gasteiger partial charge in [-0.3, -0.25) is 4.79 Å². The van der Waals surface area contributed by atoms with E-state index < -0.39 is 5.97 Å². The molecular weight excluding hydrogens is 176 g/mol. The van der Waals surface area contributed by atoms with Gasteiger partial charge in [0.2, 0.25) is 5.78 Å². The van der Waals surface area contributed by atoms with Crippen molar-refractivity contribution < 1.29 is 14.7 Å². The molecular formula is C8H4O3S. The van der Waals surface area contributed by atoms with Crippen LogP contribution in [0.4, 0.5) is 0 Å². The Morgan fingerprint density at radius 3 is 2.83 bits per heavy atom. The molecule has 0 amide bonds. The highest BCUT2D eigenvalue weighted by Gasteiger charge is 2.27. The third-order valence-corrected chi connectivity index (χ3v) is 2.55. The Morgan fingerprint density at radius 1 is 1.50 bits per heavy atom. The summed E-state index contributed by atoms with van der Waals surface area (Å²) < 4.78 is 0. The van der Waals surface area contributed by atoms with E-state index in [1.807, 2.05) is 0 Å². The van der Waals surface area contributed by atoms with Gasteiger partial charge in [-0.1, -0.05) is 0 Å². The third kappa shape index (κ3) is 0.816. The van der Waals surface area contributed by atoms with Crippen molar-refractivity contribution in [3.63, 3.8) is 0 Å². The molecule has 0 saturated carbocycles. The smallest absolute Gasteiger partial charge is 0.339 e. The molecule has 1 aromatic heterocycles. The van der Waals surface area contributed by atoms with E-state index in [0.29, 0.717) is 5.56 Å². The molecule has 0 atom stereocenters. The van der Waals surface area contributed by atoms with Crippen LogP contribution >= 0.6 is 11.3 Å². The molecule has 0 saturated heterocycles. The molecule has 3 nitrogen and oxygen atoms in total. The lowest BCUT2D eigenvalue weighted by Crippen LogP contribution is -2.07. The Labute approximate surface area is 72.0 Å². The topological polar surface area (TPSA) is 54.4 Å². The van der Waals surface area contributed by atoms with E-state index in [9.17, 15) is 9.59 Å². The average Bonchev–Trinajstić information content (AvgIpc) is 2.53. The molecule has 1 N–H and O–H groups in total. The maximum atomic E-state index is 11.3. The average molecular weight is 180 g/mol. The summed E-state index contributed by atoms with van der Waals surface area (Å²) in [4.78, 5) is 22.5. The maximum Gasteiger partial charge on any atom is 0.339 e. The molecule has 0 aromatic carbocycles. The zero-order chi connectivity index (χ0) is 8.72. The third-order valence-electron chi connectivity index (χ3n) is 1.69. The second-order valence-corrected chi connectivity index (χ2v) is 3.34. The van der Waals surface area contributed by atoms with Crippen LogP contribution in [-0.4, -0.2) is 16.9 Å². The lowest BCUT2D eigenvalue weighted by molar-refractivity contribution is -0.132. The number of Topliss-reactive ketones (excluding diaryl/α,β-unsaturated/α-hetero) is 1. The van der Waals surface area contributed by atoms with Crippen molar-refractivity contribution in [2.24, 2.45) is 0 Å². The summed E-state index contributed by atoms with van der Waals surface area (Å²) in [6, 6.07) is 1.65. The first-order chi connectivity index (χ1) is 5.70. The molecule has 2 rings (SSSR count). The summed E-state index contributed by atoms with van der Waals surface area (Å²) in [7, 11) is 0. The van der Waals surface area contributed by atoms with Crippen LogP contribution in [0, 0.1) is 0 Å². The standard InChI is InChI=1S/C8H4O3S/c9-7-4-1-2-12-6(4)3-5(7)8(10)11/h1-3H,(H,10,11). The summed E-state index contributed by atoms with van der Waals surface area (Å²) in [5.41, 5.74) is 0.384. The van der Waals surface area contributed by atoms with Crippen LogP contribution in [0.2, 0.25) is 0 Å². The predicted molar refractivity (Wildman–Crippen MR) is 44.3 cm³/mol. The molecule has 0 bridgehead atoms. The van der Waals surface area contributed by atoms with Gasteiger partial charge in [-0.25, -0.2) is 4.79 Å². The van der Waals surface area contributed by atoms with Crippen LogP contribution in [0.25, 0.3) is 6.08 Å². The van der Waals surface area contributed by atoms with Gasteiger partial charge in [0.1, 0.15) is 5.57 Å². The van der Waals surface area contributed by atoms with Gasteiger partial charge in [0.05, 0.1) is 0 Å². The Hall–Kier alpha value is -1.42. The van der Waals surface area contributed by atoms with E-state index in [4.69, 9.17) is 5.11 Å². The first-order valence-corrected chi connectivity index (χ1v) is 4.15. The first-order valence-electron chi connectivity index (χ1n) is 3.27. The first kappa shape index (κ1) is 7.24. The van der Waals surface area contributed by atoms with E-state index in [0.717, 1.165) is 4.88 Å². The van der Waals surface area contributed by atoms with Crippen molar-refractivity contribution in [3.05, 3.63) is 27.5 Å². The fourth-order valence-corrected chi connectivity index (χ4v) is 1.95. The second-order valence-electron chi connectivity index (χ2n) is 2.39. The highest BCUT2D eigenvalue weighted by Crippen LogP contribution is 2.29. The number of rotatable bonds is 1. The SMILES string of the molecule is O=C(O)C1=Cc2sccc2C1=O. The van der Waals surface area contributed by atoms with E-state index in [-0.39, 0.29) is 11.4 Å². The maximum absolute atomic E-state index is 11.3. The molecule has 0 aliphatic heterocycles. The van der Waals surface area contributed by atoms with Crippen LogP contribution in [0.3, 0.4) is 0 Å². The Kier molecular flexibility index (Phi) is 1.38. The van der Waals surface area contributed by atoms with Gasteiger partial charge in [-0.05, 0) is 17.5 Å². The number of ketones is 1. The van der Waals surface area contributed by atoms with Crippen LogP contribution in [-0.2, 0) is 4.79 Å². The molecule has 1 aliphatic rings. The lowest BCUT2D eigenvalue weighted by Gasteiger charge is -1.89. The minimum absolute atomic E-state index is 0.128. The highest BCUT2D eigenvalue weighted by molar-refractivity contribution is 7.11. The summed E-state index contributed by atoms with van der Waals surface area (Å²) >= 11 is 1.38. The zero-order valence-electron chi connectivity index (χ0n) is 5.90. The monoisotopic (exact) mass is 180 g/mol. The van der Waals surface area contributed by atoms with Crippen LogP contribution in [0.5, 0.6) is 0 Å². The van der Waals surface area contributed by atoms with Gasteiger partial charge in [0, 0.05) is 10.4 Å². The molecule has 4 heteroatoms. The van der Waals surface area contributed by atoms with Crippen molar-refractivity contribution in [2.75, 3.05) is 0 Å². The van der Waals surface area contributed by atoms with E-state index in [2.05, 4.69) is 0 Å². The summed E-state index contributed by atoms with van der Waals surface area (Å²) in [6.07, 6.45) is 1.42. The van der Waals surface area contributed by atoms with Crippen molar-refractivity contribution in [3.8, 4) is 0 Å². The van der Waals surface area contributed by atoms with Crippen molar-refractivity contribution in [2.45, 2.75) is 0 Å². The van der Waals surface area contributed by atoms with Crippen molar-refractivity contribution >= 4 is 29.2 Å². The predicted octanol–water partition coefficient (Wildman–Crippen LogP) is 1.41. The number of hydrogen-bond donors (Lipinski definition) is 1. The summed E-state index contributed by atoms with van der Waals surface area (Å²) in [5.74, 6) is -1.53. The van der Waals surface area contributed by atoms with Gasteiger partial charge in [0.15, 0.2) is 0 Å². The largest absolute Gasteiger partial charge is 0.478 e. The Balaban J connectivity index is 2.55. The van der Waals surface area contributed by atoms with Gasteiger partial charge >= 0.3 is 5.97 Å². The van der Waals surface area contributed by atoms with Crippen molar-refractivity contribution in [1.82, 2.24) is 0 Å². The fraction of sp³-hybridized carbons (Fsp3) is 0. The molecule has 1 heterocycles. The zero-order valence-corrected chi connectivity index (χ0v) is 6.72. The van der Waals surface area contributed by atoms with Gasteiger partial charge in [0.25, 0.3) is 0 Å². The molecule has 0 spiro atoms. The second kappa shape index (κ2) is 2.28. The Morgan fingerprint density at radius 2 is 2.25 bits per heavy atom. The van der Waals surface area contributed by atoms with Crippen LogP contribution in [0.15, 0.2) is 17.0 Å². The number of carbonyl (C=O) groups is 2. The number of aliphatic carboxylic acids is 1. The number of carboxylic acid groups (broad SMARTS) is 1. The van der Waals surface area contributed by atoms with Gasteiger partial charge in [-0.15, -0.1) is 11.3 Å². The molecule has 60 valence electrons.